The molecule has 0 atom stereocenters. The van der Waals surface area contributed by atoms with Crippen molar-refractivity contribution in [1.29, 1.82) is 0 Å². The number of benzene rings is 1. The van der Waals surface area contributed by atoms with Crippen molar-refractivity contribution in [2.45, 2.75) is 27.2 Å². The molecular formula is C17H21NO4S. The molecule has 0 aliphatic rings. The first-order valence-electron chi connectivity index (χ1n) is 7.53. The Bertz CT molecular complexity index is 721. The van der Waals surface area contributed by atoms with E-state index in [-0.39, 0.29) is 5.91 Å². The van der Waals surface area contributed by atoms with Gasteiger partial charge in [0.15, 0.2) is 10.6 Å². The Balaban J connectivity index is 2.39. The first-order chi connectivity index (χ1) is 11.0. The van der Waals surface area contributed by atoms with Crippen molar-refractivity contribution in [3.63, 3.8) is 0 Å². The minimum absolute atomic E-state index is 0.0271. The van der Waals surface area contributed by atoms with E-state index in [0.29, 0.717) is 35.3 Å². The molecule has 1 heterocycles. The maximum Gasteiger partial charge on any atom is 0.351 e. The predicted molar refractivity (Wildman–Crippen MR) is 92.4 cm³/mol. The SMILES string of the molecule is CCOc1c(C(=O)OC)sc2ccc(NC(=O)CC(C)C)cc12. The van der Waals surface area contributed by atoms with E-state index < -0.39 is 5.97 Å². The van der Waals surface area contributed by atoms with Crippen molar-refractivity contribution in [3.8, 4) is 5.75 Å². The highest BCUT2D eigenvalue weighted by Crippen LogP contribution is 2.39. The van der Waals surface area contributed by atoms with Gasteiger partial charge in [0.1, 0.15) is 0 Å². The van der Waals surface area contributed by atoms with Crippen LogP contribution in [0.1, 0.15) is 36.9 Å². The molecule has 0 aliphatic carbocycles. The van der Waals surface area contributed by atoms with Gasteiger partial charge in [-0.1, -0.05) is 13.8 Å². The summed E-state index contributed by atoms with van der Waals surface area (Å²) in [5.41, 5.74) is 0.693. The van der Waals surface area contributed by atoms with Gasteiger partial charge < -0.3 is 14.8 Å². The number of methoxy groups -OCH3 is 1. The van der Waals surface area contributed by atoms with Crippen LogP contribution < -0.4 is 10.1 Å². The Kier molecular flexibility index (Phi) is 5.60. The number of thiophene rings is 1. The Hall–Kier alpha value is -2.08. The molecule has 0 bridgehead atoms. The molecular weight excluding hydrogens is 314 g/mol. The summed E-state index contributed by atoms with van der Waals surface area (Å²) >= 11 is 1.32. The first-order valence-corrected chi connectivity index (χ1v) is 8.35. The van der Waals surface area contributed by atoms with E-state index in [0.717, 1.165) is 10.1 Å². The monoisotopic (exact) mass is 335 g/mol. The molecule has 0 spiro atoms. The van der Waals surface area contributed by atoms with Crippen LogP contribution >= 0.6 is 11.3 Å². The fourth-order valence-corrected chi connectivity index (χ4v) is 3.30. The van der Waals surface area contributed by atoms with E-state index in [9.17, 15) is 9.59 Å². The number of ether oxygens (including phenoxy) is 2. The zero-order valence-electron chi connectivity index (χ0n) is 13.8. The lowest BCUT2D eigenvalue weighted by atomic mass is 10.1. The Labute approximate surface area is 139 Å². The highest BCUT2D eigenvalue weighted by Gasteiger charge is 2.20. The van der Waals surface area contributed by atoms with Gasteiger partial charge in [-0.3, -0.25) is 4.79 Å². The van der Waals surface area contributed by atoms with Gasteiger partial charge in [-0.25, -0.2) is 4.79 Å². The highest BCUT2D eigenvalue weighted by atomic mass is 32.1. The number of amides is 1. The van der Waals surface area contributed by atoms with Crippen molar-refractivity contribution >= 4 is 39.0 Å². The Morgan fingerprint density at radius 3 is 2.65 bits per heavy atom. The summed E-state index contributed by atoms with van der Waals surface area (Å²) in [6, 6.07) is 5.54. The lowest BCUT2D eigenvalue weighted by Gasteiger charge is -2.08. The molecule has 0 saturated carbocycles. The lowest BCUT2D eigenvalue weighted by Crippen LogP contribution is -2.13. The Morgan fingerprint density at radius 2 is 2.04 bits per heavy atom. The van der Waals surface area contributed by atoms with Crippen molar-refractivity contribution in [2.24, 2.45) is 5.92 Å². The third-order valence-corrected chi connectivity index (χ3v) is 4.31. The third kappa shape index (κ3) is 4.01. The van der Waals surface area contributed by atoms with Crippen LogP contribution in [0.3, 0.4) is 0 Å². The average molecular weight is 335 g/mol. The summed E-state index contributed by atoms with van der Waals surface area (Å²) in [6.45, 7) is 6.30. The summed E-state index contributed by atoms with van der Waals surface area (Å²) in [4.78, 5) is 24.3. The molecule has 23 heavy (non-hydrogen) atoms. The molecule has 6 heteroatoms. The minimum Gasteiger partial charge on any atom is -0.491 e. The number of carbonyl (C=O) groups excluding carboxylic acids is 2. The predicted octanol–water partition coefficient (Wildman–Crippen LogP) is 4.07. The van der Waals surface area contributed by atoms with Crippen LogP contribution in [0.25, 0.3) is 10.1 Å². The highest BCUT2D eigenvalue weighted by molar-refractivity contribution is 7.21. The maximum atomic E-state index is 11.9. The normalized spacial score (nSPS) is 10.8. The van der Waals surface area contributed by atoms with Gasteiger partial charge in [0.25, 0.3) is 0 Å². The van der Waals surface area contributed by atoms with Crippen LogP contribution in [0.5, 0.6) is 5.75 Å². The molecule has 5 nitrogen and oxygen atoms in total. The first kappa shape index (κ1) is 17.3. The number of nitrogens with one attached hydrogen (secondary N) is 1. The van der Waals surface area contributed by atoms with Crippen LogP contribution in [0.4, 0.5) is 5.69 Å². The second-order valence-corrected chi connectivity index (χ2v) is 6.59. The molecule has 0 aliphatic heterocycles. The van der Waals surface area contributed by atoms with Gasteiger partial charge in [-0.15, -0.1) is 11.3 Å². The van der Waals surface area contributed by atoms with E-state index in [1.807, 2.05) is 39.0 Å². The molecule has 0 fully saturated rings. The van der Waals surface area contributed by atoms with E-state index in [1.54, 1.807) is 0 Å². The van der Waals surface area contributed by atoms with Gasteiger partial charge in [-0.2, -0.15) is 0 Å². The molecule has 2 aromatic rings. The summed E-state index contributed by atoms with van der Waals surface area (Å²) in [5.74, 6) is 0.366. The number of esters is 1. The summed E-state index contributed by atoms with van der Waals surface area (Å²) in [6.07, 6.45) is 0.466. The van der Waals surface area contributed by atoms with E-state index in [1.165, 1.54) is 18.4 Å². The van der Waals surface area contributed by atoms with Crippen LogP contribution in [0, 0.1) is 5.92 Å². The van der Waals surface area contributed by atoms with Crippen LogP contribution in [0.15, 0.2) is 18.2 Å². The second-order valence-electron chi connectivity index (χ2n) is 5.54. The fourth-order valence-electron chi connectivity index (χ4n) is 2.25. The molecule has 1 N–H and O–H groups in total. The minimum atomic E-state index is -0.417. The number of carbonyl (C=O) groups is 2. The van der Waals surface area contributed by atoms with Crippen LogP contribution in [-0.2, 0) is 9.53 Å². The van der Waals surface area contributed by atoms with Crippen LogP contribution in [0.2, 0.25) is 0 Å². The van der Waals surface area contributed by atoms with Crippen molar-refractivity contribution in [2.75, 3.05) is 19.0 Å². The average Bonchev–Trinajstić information content (AvgIpc) is 2.84. The van der Waals surface area contributed by atoms with Crippen LogP contribution in [-0.4, -0.2) is 25.6 Å². The number of hydrogen-bond donors (Lipinski definition) is 1. The molecule has 0 radical (unpaired) electrons. The number of anilines is 1. The van der Waals surface area contributed by atoms with E-state index in [2.05, 4.69) is 5.32 Å². The van der Waals surface area contributed by atoms with Crippen molar-refractivity contribution < 1.29 is 19.1 Å². The molecule has 1 amide bonds. The smallest absolute Gasteiger partial charge is 0.351 e. The van der Waals surface area contributed by atoms with Gasteiger partial charge in [0.05, 0.1) is 13.7 Å². The van der Waals surface area contributed by atoms with Gasteiger partial charge in [0.2, 0.25) is 5.91 Å². The number of rotatable bonds is 6. The maximum absolute atomic E-state index is 11.9. The molecule has 1 aromatic carbocycles. The standard InChI is InChI=1S/C17H21NO4S/c1-5-22-15-12-9-11(18-14(19)8-10(2)3)6-7-13(12)23-16(15)17(20)21-4/h6-7,9-10H,5,8H2,1-4H3,(H,18,19). The fraction of sp³-hybridized carbons (Fsp3) is 0.412. The number of hydrogen-bond acceptors (Lipinski definition) is 5. The molecule has 2 rings (SSSR count). The molecule has 0 unspecified atom stereocenters. The zero-order chi connectivity index (χ0) is 17.0. The van der Waals surface area contributed by atoms with Crippen molar-refractivity contribution in [1.82, 2.24) is 0 Å². The molecule has 1 aromatic heterocycles. The largest absolute Gasteiger partial charge is 0.491 e. The summed E-state index contributed by atoms with van der Waals surface area (Å²) in [5, 5.41) is 3.69. The quantitative estimate of drug-likeness (QED) is 0.808. The topological polar surface area (TPSA) is 64.6 Å². The third-order valence-electron chi connectivity index (χ3n) is 3.18. The summed E-state index contributed by atoms with van der Waals surface area (Å²) < 4.78 is 11.4. The zero-order valence-corrected chi connectivity index (χ0v) is 14.6. The lowest BCUT2D eigenvalue weighted by molar-refractivity contribution is -0.116. The Morgan fingerprint density at radius 1 is 1.30 bits per heavy atom. The van der Waals surface area contributed by atoms with E-state index >= 15 is 0 Å². The summed E-state index contributed by atoms with van der Waals surface area (Å²) in [7, 11) is 1.35. The van der Waals surface area contributed by atoms with Gasteiger partial charge >= 0.3 is 5.97 Å². The van der Waals surface area contributed by atoms with Crippen molar-refractivity contribution in [3.05, 3.63) is 23.1 Å². The molecule has 124 valence electrons. The van der Waals surface area contributed by atoms with Gasteiger partial charge in [-0.05, 0) is 31.0 Å². The van der Waals surface area contributed by atoms with E-state index in [4.69, 9.17) is 9.47 Å². The van der Waals surface area contributed by atoms with Gasteiger partial charge in [0, 0.05) is 22.2 Å². The number of fused-ring (bicyclic) bond motifs is 1. The molecule has 0 saturated heterocycles. The second kappa shape index (κ2) is 7.46.